The number of aromatic nitrogens is 2. The van der Waals surface area contributed by atoms with Crippen LogP contribution in [0.2, 0.25) is 5.02 Å². The monoisotopic (exact) mass is 258 g/mol. The molecule has 5 nitrogen and oxygen atoms in total. The Balaban J connectivity index is 2.84. The fourth-order valence-electron chi connectivity index (χ4n) is 1.56. The third kappa shape index (κ3) is 3.44. The molecule has 0 aliphatic heterocycles. The zero-order chi connectivity index (χ0) is 12.8. The smallest absolute Gasteiger partial charge is 0.287 e. The Bertz CT molecular complexity index is 418. The zero-order valence-corrected chi connectivity index (χ0v) is 11.3. The van der Waals surface area contributed by atoms with Crippen molar-refractivity contribution in [2.45, 2.75) is 19.9 Å². The first kappa shape index (κ1) is 14.0. The van der Waals surface area contributed by atoms with Gasteiger partial charge in [0, 0.05) is 20.1 Å². The van der Waals surface area contributed by atoms with Gasteiger partial charge in [-0.1, -0.05) is 11.6 Å². The van der Waals surface area contributed by atoms with E-state index in [4.69, 9.17) is 11.6 Å². The third-order valence-electron chi connectivity index (χ3n) is 2.60. The van der Waals surface area contributed by atoms with Gasteiger partial charge in [-0.2, -0.15) is 5.10 Å². The van der Waals surface area contributed by atoms with Crippen molar-refractivity contribution in [2.24, 2.45) is 0 Å². The molecule has 0 atom stereocenters. The van der Waals surface area contributed by atoms with Crippen molar-refractivity contribution in [3.8, 4) is 0 Å². The first-order valence-corrected chi connectivity index (χ1v) is 6.11. The Hall–Kier alpha value is -1.07. The van der Waals surface area contributed by atoms with Crippen LogP contribution >= 0.6 is 11.6 Å². The highest BCUT2D eigenvalue weighted by atomic mass is 35.5. The average molecular weight is 259 g/mol. The lowest BCUT2D eigenvalue weighted by atomic mass is 10.3. The summed E-state index contributed by atoms with van der Waals surface area (Å²) >= 11 is 6.05. The van der Waals surface area contributed by atoms with Crippen LogP contribution in [0.5, 0.6) is 0 Å². The van der Waals surface area contributed by atoms with Crippen LogP contribution in [0.4, 0.5) is 5.69 Å². The van der Waals surface area contributed by atoms with Crippen LogP contribution in [0, 0.1) is 0 Å². The molecule has 1 aromatic heterocycles. The largest absolute Gasteiger partial charge is 0.372 e. The molecule has 0 radical (unpaired) electrons. The van der Waals surface area contributed by atoms with Gasteiger partial charge in [-0.3, -0.25) is 4.79 Å². The summed E-state index contributed by atoms with van der Waals surface area (Å²) in [5.41, 5.74) is 0.463. The molecule has 1 aromatic rings. The van der Waals surface area contributed by atoms with Crippen molar-refractivity contribution >= 4 is 17.3 Å². The van der Waals surface area contributed by atoms with Gasteiger partial charge in [0.05, 0.1) is 11.9 Å². The molecule has 0 amide bonds. The quantitative estimate of drug-likeness (QED) is 0.773. The van der Waals surface area contributed by atoms with Gasteiger partial charge in [0.15, 0.2) is 0 Å². The molecule has 0 bridgehead atoms. The topological polar surface area (TPSA) is 50.2 Å². The van der Waals surface area contributed by atoms with E-state index in [0.29, 0.717) is 12.2 Å². The first-order chi connectivity index (χ1) is 8.11. The Labute approximate surface area is 106 Å². The first-order valence-electron chi connectivity index (χ1n) is 5.73. The van der Waals surface area contributed by atoms with Crippen molar-refractivity contribution in [1.29, 1.82) is 0 Å². The maximum atomic E-state index is 11.8. The molecule has 0 aliphatic carbocycles. The Morgan fingerprint density at radius 1 is 1.59 bits per heavy atom. The molecule has 6 heteroatoms. The fourth-order valence-corrected chi connectivity index (χ4v) is 1.85. The van der Waals surface area contributed by atoms with E-state index >= 15 is 0 Å². The second-order valence-electron chi connectivity index (χ2n) is 3.84. The maximum Gasteiger partial charge on any atom is 0.287 e. The standard InChI is InChI=1S/C11H19ClN4O/c1-4-16-11(17)10(12)9(8-14-16)15(3)7-5-6-13-2/h8,13H,4-7H2,1-3H3. The number of nitrogens with zero attached hydrogens (tertiary/aromatic N) is 3. The molecular formula is C11H19ClN4O. The minimum Gasteiger partial charge on any atom is -0.372 e. The van der Waals surface area contributed by atoms with E-state index in [0.717, 1.165) is 19.5 Å². The molecule has 1 rings (SSSR count). The molecule has 1 heterocycles. The fraction of sp³-hybridized carbons (Fsp3) is 0.636. The number of nitrogens with one attached hydrogen (secondary N) is 1. The van der Waals surface area contributed by atoms with Crippen LogP contribution in [0.25, 0.3) is 0 Å². The summed E-state index contributed by atoms with van der Waals surface area (Å²) in [4.78, 5) is 13.7. The van der Waals surface area contributed by atoms with E-state index in [-0.39, 0.29) is 10.6 Å². The highest BCUT2D eigenvalue weighted by Crippen LogP contribution is 2.19. The molecule has 0 saturated carbocycles. The highest BCUT2D eigenvalue weighted by Gasteiger charge is 2.11. The van der Waals surface area contributed by atoms with E-state index in [9.17, 15) is 4.79 Å². The van der Waals surface area contributed by atoms with Crippen molar-refractivity contribution in [1.82, 2.24) is 15.1 Å². The van der Waals surface area contributed by atoms with Gasteiger partial charge in [0.25, 0.3) is 5.56 Å². The summed E-state index contributed by atoms with van der Waals surface area (Å²) in [6.45, 7) is 4.16. The number of anilines is 1. The Morgan fingerprint density at radius 3 is 2.88 bits per heavy atom. The molecular weight excluding hydrogens is 240 g/mol. The SMILES string of the molecule is CCn1ncc(N(C)CCCNC)c(Cl)c1=O. The molecule has 0 aromatic carbocycles. The van der Waals surface area contributed by atoms with Crippen molar-refractivity contribution < 1.29 is 0 Å². The summed E-state index contributed by atoms with van der Waals surface area (Å²) in [7, 11) is 3.82. The summed E-state index contributed by atoms with van der Waals surface area (Å²) in [5, 5.41) is 7.39. The van der Waals surface area contributed by atoms with Crippen molar-refractivity contribution in [2.75, 3.05) is 32.1 Å². The number of halogens is 1. The average Bonchev–Trinajstić information content (AvgIpc) is 2.32. The van der Waals surface area contributed by atoms with Gasteiger partial charge in [-0.15, -0.1) is 0 Å². The van der Waals surface area contributed by atoms with E-state index in [2.05, 4.69) is 10.4 Å². The second kappa shape index (κ2) is 6.61. The van der Waals surface area contributed by atoms with Gasteiger partial charge in [-0.05, 0) is 26.9 Å². The van der Waals surface area contributed by atoms with Gasteiger partial charge in [0.2, 0.25) is 0 Å². The van der Waals surface area contributed by atoms with Crippen LogP contribution in [0.3, 0.4) is 0 Å². The van der Waals surface area contributed by atoms with Gasteiger partial charge in [0.1, 0.15) is 5.02 Å². The van der Waals surface area contributed by atoms with Crippen molar-refractivity contribution in [3.63, 3.8) is 0 Å². The minimum absolute atomic E-state index is 0.230. The van der Waals surface area contributed by atoms with Crippen LogP contribution in [0.1, 0.15) is 13.3 Å². The normalized spacial score (nSPS) is 10.6. The third-order valence-corrected chi connectivity index (χ3v) is 2.95. The van der Waals surface area contributed by atoms with E-state index in [1.54, 1.807) is 6.20 Å². The predicted molar refractivity (Wildman–Crippen MR) is 71.0 cm³/mol. The van der Waals surface area contributed by atoms with E-state index < -0.39 is 0 Å². The molecule has 96 valence electrons. The molecule has 0 unspecified atom stereocenters. The lowest BCUT2D eigenvalue weighted by Gasteiger charge is -2.20. The Kier molecular flexibility index (Phi) is 5.44. The van der Waals surface area contributed by atoms with Gasteiger partial charge in [-0.25, -0.2) is 4.68 Å². The van der Waals surface area contributed by atoms with E-state index in [1.807, 2.05) is 25.9 Å². The molecule has 0 saturated heterocycles. The molecule has 17 heavy (non-hydrogen) atoms. The summed E-state index contributed by atoms with van der Waals surface area (Å²) in [5.74, 6) is 0. The van der Waals surface area contributed by atoms with Crippen LogP contribution in [-0.4, -0.2) is 37.0 Å². The number of aryl methyl sites for hydroxylation is 1. The summed E-state index contributed by atoms with van der Waals surface area (Å²) in [6.07, 6.45) is 2.63. The minimum atomic E-state index is -0.230. The van der Waals surface area contributed by atoms with Crippen LogP contribution in [0.15, 0.2) is 11.0 Å². The Morgan fingerprint density at radius 2 is 2.29 bits per heavy atom. The van der Waals surface area contributed by atoms with Crippen LogP contribution < -0.4 is 15.8 Å². The number of hydrogen-bond acceptors (Lipinski definition) is 4. The molecule has 0 fully saturated rings. The molecule has 1 N–H and O–H groups in total. The number of hydrogen-bond donors (Lipinski definition) is 1. The predicted octanol–water partition coefficient (Wildman–Crippen LogP) is 0.962. The molecule has 0 spiro atoms. The lowest BCUT2D eigenvalue weighted by Crippen LogP contribution is -2.28. The maximum absolute atomic E-state index is 11.8. The summed E-state index contributed by atoms with van der Waals surface area (Å²) in [6, 6.07) is 0. The highest BCUT2D eigenvalue weighted by molar-refractivity contribution is 6.33. The van der Waals surface area contributed by atoms with Gasteiger partial charge < -0.3 is 10.2 Å². The second-order valence-corrected chi connectivity index (χ2v) is 4.22. The lowest BCUT2D eigenvalue weighted by molar-refractivity contribution is 0.613. The van der Waals surface area contributed by atoms with Crippen LogP contribution in [-0.2, 0) is 6.54 Å². The summed E-state index contributed by atoms with van der Waals surface area (Å²) < 4.78 is 1.35. The van der Waals surface area contributed by atoms with Crippen molar-refractivity contribution in [3.05, 3.63) is 21.6 Å². The van der Waals surface area contributed by atoms with E-state index in [1.165, 1.54) is 4.68 Å². The zero-order valence-electron chi connectivity index (χ0n) is 10.5. The van der Waals surface area contributed by atoms with Gasteiger partial charge >= 0.3 is 0 Å². The number of rotatable bonds is 6. The molecule has 0 aliphatic rings.